The summed E-state index contributed by atoms with van der Waals surface area (Å²) in [7, 11) is 3.89. The topological polar surface area (TPSA) is 87.5 Å². The lowest BCUT2D eigenvalue weighted by molar-refractivity contribution is -0.133. The first-order chi connectivity index (χ1) is 12.0. The number of nitrogens with zero attached hydrogens (tertiary/aromatic N) is 7. The predicted molar refractivity (Wildman–Crippen MR) is 91.1 cm³/mol. The lowest BCUT2D eigenvalue weighted by atomic mass is 10.1. The summed E-state index contributed by atoms with van der Waals surface area (Å²) in [5.41, 5.74) is 1.65. The Hall–Kier alpha value is -2.97. The molecule has 9 nitrogen and oxygen atoms in total. The van der Waals surface area contributed by atoms with Gasteiger partial charge in [0.25, 0.3) is 5.91 Å². The summed E-state index contributed by atoms with van der Waals surface area (Å²) in [6.45, 7) is 2.19. The van der Waals surface area contributed by atoms with E-state index in [1.165, 1.54) is 11.0 Å². The second-order valence-corrected chi connectivity index (χ2v) is 6.13. The van der Waals surface area contributed by atoms with E-state index in [0.717, 1.165) is 5.69 Å². The quantitative estimate of drug-likeness (QED) is 0.759. The fourth-order valence-corrected chi connectivity index (χ4v) is 2.75. The van der Waals surface area contributed by atoms with Gasteiger partial charge in [-0.2, -0.15) is 0 Å². The van der Waals surface area contributed by atoms with E-state index in [4.69, 9.17) is 0 Å². The number of rotatable bonds is 4. The third-order valence-corrected chi connectivity index (χ3v) is 4.22. The highest BCUT2D eigenvalue weighted by molar-refractivity contribution is 5.95. The van der Waals surface area contributed by atoms with Crippen LogP contribution in [-0.2, 0) is 11.3 Å². The van der Waals surface area contributed by atoms with Crippen LogP contribution < -0.4 is 4.90 Å². The van der Waals surface area contributed by atoms with Crippen LogP contribution in [-0.4, -0.2) is 82.1 Å². The third kappa shape index (κ3) is 3.93. The molecule has 0 N–H and O–H groups in total. The van der Waals surface area contributed by atoms with Crippen molar-refractivity contribution in [3.63, 3.8) is 0 Å². The van der Waals surface area contributed by atoms with E-state index in [0.29, 0.717) is 31.7 Å². The van der Waals surface area contributed by atoms with Crippen LogP contribution in [0.4, 0.5) is 5.69 Å². The van der Waals surface area contributed by atoms with Gasteiger partial charge >= 0.3 is 0 Å². The standard InChI is InChI=1S/C16H21N7O2/c1-20(2)14-5-3-4-13(10-14)16(25)22-8-6-21(7-9-22)15(24)11-23-12-17-18-19-23/h3-5,10,12H,6-9,11H2,1-2H3. The summed E-state index contributed by atoms with van der Waals surface area (Å²) in [6.07, 6.45) is 1.41. The van der Waals surface area contributed by atoms with Crippen molar-refractivity contribution in [3.8, 4) is 0 Å². The first-order valence-corrected chi connectivity index (χ1v) is 8.10. The van der Waals surface area contributed by atoms with Crippen LogP contribution in [0.15, 0.2) is 30.6 Å². The van der Waals surface area contributed by atoms with Crippen LogP contribution >= 0.6 is 0 Å². The van der Waals surface area contributed by atoms with Gasteiger partial charge in [-0.25, -0.2) is 4.68 Å². The Balaban J connectivity index is 1.57. The van der Waals surface area contributed by atoms with Crippen molar-refractivity contribution < 1.29 is 9.59 Å². The summed E-state index contributed by atoms with van der Waals surface area (Å²) >= 11 is 0. The summed E-state index contributed by atoms with van der Waals surface area (Å²) in [4.78, 5) is 30.4. The van der Waals surface area contributed by atoms with Crippen molar-refractivity contribution in [3.05, 3.63) is 36.2 Å². The average molecular weight is 343 g/mol. The van der Waals surface area contributed by atoms with Gasteiger partial charge in [-0.3, -0.25) is 9.59 Å². The van der Waals surface area contributed by atoms with Gasteiger partial charge in [0.2, 0.25) is 5.91 Å². The molecule has 1 aromatic heterocycles. The van der Waals surface area contributed by atoms with Crippen LogP contribution in [0.2, 0.25) is 0 Å². The number of aromatic nitrogens is 4. The van der Waals surface area contributed by atoms with Gasteiger partial charge in [0, 0.05) is 51.5 Å². The molecule has 0 atom stereocenters. The van der Waals surface area contributed by atoms with Gasteiger partial charge in [0.15, 0.2) is 0 Å². The number of benzene rings is 1. The Morgan fingerprint density at radius 1 is 1.12 bits per heavy atom. The molecule has 0 saturated carbocycles. The lowest BCUT2D eigenvalue weighted by Gasteiger charge is -2.34. The van der Waals surface area contributed by atoms with E-state index in [1.54, 1.807) is 9.80 Å². The van der Waals surface area contributed by atoms with Crippen molar-refractivity contribution in [2.75, 3.05) is 45.2 Å². The monoisotopic (exact) mass is 343 g/mol. The Bertz CT molecular complexity index is 737. The van der Waals surface area contributed by atoms with Gasteiger partial charge in [-0.15, -0.1) is 5.10 Å². The molecule has 0 bridgehead atoms. The molecule has 1 saturated heterocycles. The summed E-state index contributed by atoms with van der Waals surface area (Å²) in [5.74, 6) is -0.0507. The molecule has 25 heavy (non-hydrogen) atoms. The molecule has 0 spiro atoms. The number of amides is 2. The van der Waals surface area contributed by atoms with Crippen LogP contribution in [0.3, 0.4) is 0 Å². The molecule has 2 amide bonds. The van der Waals surface area contributed by atoms with Gasteiger partial charge in [0.05, 0.1) is 0 Å². The Kier molecular flexibility index (Phi) is 4.92. The normalized spacial score (nSPS) is 14.5. The predicted octanol–water partition coefficient (Wildman–Crippen LogP) is -0.276. The lowest BCUT2D eigenvalue weighted by Crippen LogP contribution is -2.51. The minimum atomic E-state index is -0.0472. The van der Waals surface area contributed by atoms with Crippen LogP contribution in [0.5, 0.6) is 0 Å². The van der Waals surface area contributed by atoms with E-state index in [2.05, 4.69) is 15.5 Å². The molecule has 1 fully saturated rings. The van der Waals surface area contributed by atoms with Gasteiger partial charge < -0.3 is 14.7 Å². The molecule has 1 aliphatic rings. The van der Waals surface area contributed by atoms with Crippen molar-refractivity contribution in [1.82, 2.24) is 30.0 Å². The van der Waals surface area contributed by atoms with E-state index >= 15 is 0 Å². The molecule has 9 heteroatoms. The number of anilines is 1. The summed E-state index contributed by atoms with van der Waals surface area (Å²) in [6, 6.07) is 7.56. The zero-order valence-electron chi connectivity index (χ0n) is 14.4. The highest BCUT2D eigenvalue weighted by Crippen LogP contribution is 2.16. The second kappa shape index (κ2) is 7.29. The highest BCUT2D eigenvalue weighted by Gasteiger charge is 2.25. The maximum atomic E-state index is 12.7. The number of hydrogen-bond donors (Lipinski definition) is 0. The molecule has 0 radical (unpaired) electrons. The molecule has 2 heterocycles. The van der Waals surface area contributed by atoms with Gasteiger partial charge in [-0.1, -0.05) is 6.07 Å². The molecular formula is C16H21N7O2. The molecule has 0 unspecified atom stereocenters. The zero-order valence-corrected chi connectivity index (χ0v) is 14.4. The fraction of sp³-hybridized carbons (Fsp3) is 0.438. The van der Waals surface area contributed by atoms with Crippen LogP contribution in [0, 0.1) is 0 Å². The molecular weight excluding hydrogens is 322 g/mol. The first kappa shape index (κ1) is 16.9. The van der Waals surface area contributed by atoms with E-state index < -0.39 is 0 Å². The Morgan fingerprint density at radius 2 is 1.84 bits per heavy atom. The number of tetrazole rings is 1. The van der Waals surface area contributed by atoms with Gasteiger partial charge in [0.1, 0.15) is 12.9 Å². The van der Waals surface area contributed by atoms with E-state index in [1.807, 2.05) is 43.3 Å². The van der Waals surface area contributed by atoms with Crippen molar-refractivity contribution in [1.29, 1.82) is 0 Å². The molecule has 132 valence electrons. The van der Waals surface area contributed by atoms with Crippen molar-refractivity contribution >= 4 is 17.5 Å². The van der Waals surface area contributed by atoms with Crippen LogP contribution in [0.1, 0.15) is 10.4 Å². The summed E-state index contributed by atoms with van der Waals surface area (Å²) < 4.78 is 1.40. The number of carbonyl (C=O) groups excluding carboxylic acids is 2. The minimum absolute atomic E-state index is 0.00345. The number of hydrogen-bond acceptors (Lipinski definition) is 6. The molecule has 3 rings (SSSR count). The first-order valence-electron chi connectivity index (χ1n) is 8.10. The highest BCUT2D eigenvalue weighted by atomic mass is 16.2. The second-order valence-electron chi connectivity index (χ2n) is 6.13. The Labute approximate surface area is 145 Å². The largest absolute Gasteiger partial charge is 0.378 e. The van der Waals surface area contributed by atoms with Crippen molar-refractivity contribution in [2.45, 2.75) is 6.54 Å². The van der Waals surface area contributed by atoms with E-state index in [-0.39, 0.29) is 18.4 Å². The zero-order chi connectivity index (χ0) is 17.8. The van der Waals surface area contributed by atoms with Crippen LogP contribution in [0.25, 0.3) is 0 Å². The minimum Gasteiger partial charge on any atom is -0.378 e. The SMILES string of the molecule is CN(C)c1cccc(C(=O)N2CCN(C(=O)Cn3cnnn3)CC2)c1. The molecule has 1 aromatic carbocycles. The maximum Gasteiger partial charge on any atom is 0.254 e. The fourth-order valence-electron chi connectivity index (χ4n) is 2.75. The molecule has 1 aliphatic heterocycles. The van der Waals surface area contributed by atoms with E-state index in [9.17, 15) is 9.59 Å². The van der Waals surface area contributed by atoms with Gasteiger partial charge in [-0.05, 0) is 28.6 Å². The third-order valence-electron chi connectivity index (χ3n) is 4.22. The smallest absolute Gasteiger partial charge is 0.254 e. The Morgan fingerprint density at radius 3 is 2.48 bits per heavy atom. The summed E-state index contributed by atoms with van der Waals surface area (Å²) in [5, 5.41) is 10.7. The average Bonchev–Trinajstić information content (AvgIpc) is 3.14. The number of piperazine rings is 1. The molecule has 2 aromatic rings. The number of carbonyl (C=O) groups is 2. The maximum absolute atomic E-state index is 12.7. The van der Waals surface area contributed by atoms with Crippen molar-refractivity contribution in [2.24, 2.45) is 0 Å². The molecule has 0 aliphatic carbocycles.